The summed E-state index contributed by atoms with van der Waals surface area (Å²) in [5.74, 6) is -1.25. The molecule has 0 aromatic heterocycles. The predicted octanol–water partition coefficient (Wildman–Crippen LogP) is 1.61. The number of rotatable bonds is 7. The van der Waals surface area contributed by atoms with Gasteiger partial charge >= 0.3 is 5.97 Å². The number of nitriles is 1. The molecule has 0 aliphatic carbocycles. The summed E-state index contributed by atoms with van der Waals surface area (Å²) in [5, 5.41) is 11.2. The zero-order valence-electron chi connectivity index (χ0n) is 16.0. The minimum atomic E-state index is -3.80. The first-order valence-corrected chi connectivity index (χ1v) is 9.70. The normalized spacial score (nSPS) is 10.9. The summed E-state index contributed by atoms with van der Waals surface area (Å²) >= 11 is 0. The van der Waals surface area contributed by atoms with Gasteiger partial charge in [-0.05, 0) is 42.5 Å². The maximum absolute atomic E-state index is 12.4. The number of hydrogen-bond acceptors (Lipinski definition) is 7. The van der Waals surface area contributed by atoms with E-state index in [0.29, 0.717) is 5.56 Å². The lowest BCUT2D eigenvalue weighted by molar-refractivity contribution is -0.119. The smallest absolute Gasteiger partial charge is 0.338 e. The summed E-state index contributed by atoms with van der Waals surface area (Å²) < 4.78 is 35.9. The Hall–Kier alpha value is -3.42. The van der Waals surface area contributed by atoms with Crippen LogP contribution < -0.4 is 10.1 Å². The van der Waals surface area contributed by atoms with Crippen molar-refractivity contribution in [2.45, 2.75) is 4.90 Å². The van der Waals surface area contributed by atoms with Crippen molar-refractivity contribution >= 4 is 27.6 Å². The summed E-state index contributed by atoms with van der Waals surface area (Å²) in [5.41, 5.74) is 0.786. The lowest BCUT2D eigenvalue weighted by atomic mass is 10.1. The Kier molecular flexibility index (Phi) is 6.93. The van der Waals surface area contributed by atoms with Crippen molar-refractivity contribution in [1.29, 1.82) is 5.26 Å². The minimum Gasteiger partial charge on any atom is -0.495 e. The first-order chi connectivity index (χ1) is 13.7. The molecule has 2 rings (SSSR count). The molecule has 9 nitrogen and oxygen atoms in total. The summed E-state index contributed by atoms with van der Waals surface area (Å²) in [6, 6.07) is 11.8. The number of nitrogens with zero attached hydrogens (tertiary/aromatic N) is 2. The Morgan fingerprint density at radius 3 is 2.34 bits per heavy atom. The lowest BCUT2D eigenvalue weighted by Gasteiger charge is -2.16. The zero-order valence-corrected chi connectivity index (χ0v) is 16.8. The molecule has 0 saturated carbocycles. The van der Waals surface area contributed by atoms with E-state index in [9.17, 15) is 18.0 Å². The number of anilines is 1. The second kappa shape index (κ2) is 9.18. The number of carbonyl (C=O) groups is 2. The van der Waals surface area contributed by atoms with E-state index in [2.05, 4.69) is 5.32 Å². The molecular formula is C19H19N3O6S. The quantitative estimate of drug-likeness (QED) is 0.678. The number of hydrogen-bond donors (Lipinski definition) is 1. The fraction of sp³-hybridized carbons (Fsp3) is 0.211. The molecule has 0 saturated heterocycles. The van der Waals surface area contributed by atoms with Gasteiger partial charge in [0, 0.05) is 19.8 Å². The van der Waals surface area contributed by atoms with Gasteiger partial charge in [0.15, 0.2) is 6.61 Å². The monoisotopic (exact) mass is 417 g/mol. The molecule has 1 N–H and O–H groups in total. The van der Waals surface area contributed by atoms with E-state index in [1.807, 2.05) is 6.07 Å². The highest BCUT2D eigenvalue weighted by atomic mass is 32.2. The lowest BCUT2D eigenvalue weighted by Crippen LogP contribution is -2.24. The van der Waals surface area contributed by atoms with Crippen LogP contribution in [0.25, 0.3) is 0 Å². The molecular weight excluding hydrogens is 398 g/mol. The molecule has 0 fully saturated rings. The van der Waals surface area contributed by atoms with E-state index in [-0.39, 0.29) is 21.9 Å². The molecule has 0 aliphatic heterocycles. The predicted molar refractivity (Wildman–Crippen MR) is 104 cm³/mol. The number of carbonyl (C=O) groups excluding carboxylic acids is 2. The number of amides is 1. The zero-order chi connectivity index (χ0) is 21.6. The molecule has 0 radical (unpaired) electrons. The summed E-state index contributed by atoms with van der Waals surface area (Å²) in [7, 11) is 0.297. The Balaban J connectivity index is 2.07. The van der Waals surface area contributed by atoms with Crippen LogP contribution in [0.15, 0.2) is 47.4 Å². The van der Waals surface area contributed by atoms with E-state index in [1.54, 1.807) is 0 Å². The average molecular weight is 417 g/mol. The van der Waals surface area contributed by atoms with E-state index in [0.717, 1.165) is 4.31 Å². The second-order valence-corrected chi connectivity index (χ2v) is 8.09. The number of esters is 1. The van der Waals surface area contributed by atoms with Crippen LogP contribution in [-0.4, -0.2) is 52.4 Å². The molecule has 1 amide bonds. The molecule has 0 bridgehead atoms. The van der Waals surface area contributed by atoms with Crippen molar-refractivity contribution in [1.82, 2.24) is 4.31 Å². The van der Waals surface area contributed by atoms with Gasteiger partial charge in [-0.15, -0.1) is 0 Å². The number of benzene rings is 2. The van der Waals surface area contributed by atoms with Crippen molar-refractivity contribution in [3.05, 3.63) is 53.6 Å². The maximum Gasteiger partial charge on any atom is 0.338 e. The van der Waals surface area contributed by atoms with Crippen LogP contribution in [0.3, 0.4) is 0 Å². The van der Waals surface area contributed by atoms with Gasteiger partial charge in [-0.25, -0.2) is 17.5 Å². The van der Waals surface area contributed by atoms with Crippen LogP contribution in [0.4, 0.5) is 5.69 Å². The topological polar surface area (TPSA) is 126 Å². The fourth-order valence-corrected chi connectivity index (χ4v) is 3.32. The molecule has 0 aliphatic rings. The van der Waals surface area contributed by atoms with Gasteiger partial charge in [0.25, 0.3) is 5.91 Å². The molecule has 29 heavy (non-hydrogen) atoms. The van der Waals surface area contributed by atoms with Crippen molar-refractivity contribution in [2.24, 2.45) is 0 Å². The van der Waals surface area contributed by atoms with Gasteiger partial charge in [-0.1, -0.05) is 0 Å². The van der Waals surface area contributed by atoms with E-state index in [1.165, 1.54) is 63.7 Å². The Morgan fingerprint density at radius 2 is 1.79 bits per heavy atom. The Bertz CT molecular complexity index is 1060. The first kappa shape index (κ1) is 21.9. The van der Waals surface area contributed by atoms with Crippen LogP contribution in [-0.2, 0) is 19.6 Å². The number of ether oxygens (including phenoxy) is 2. The standard InChI is InChI=1S/C19H19N3O6S/c1-22(2)29(25,26)17-10-15(8-9-16(17)27-3)21-18(23)12-28-19(24)14-6-4-13(11-20)5-7-14/h4-10H,12H2,1-3H3,(H,21,23). The van der Waals surface area contributed by atoms with E-state index < -0.39 is 28.5 Å². The highest BCUT2D eigenvalue weighted by molar-refractivity contribution is 7.89. The molecule has 152 valence electrons. The highest BCUT2D eigenvalue weighted by Crippen LogP contribution is 2.28. The second-order valence-electron chi connectivity index (χ2n) is 5.97. The molecule has 2 aromatic rings. The highest BCUT2D eigenvalue weighted by Gasteiger charge is 2.23. The van der Waals surface area contributed by atoms with Gasteiger partial charge in [0.1, 0.15) is 10.6 Å². The van der Waals surface area contributed by atoms with Gasteiger partial charge in [-0.3, -0.25) is 4.79 Å². The molecule has 2 aromatic carbocycles. The molecule has 0 spiro atoms. The molecule has 0 heterocycles. The number of nitrogens with one attached hydrogen (secondary N) is 1. The van der Waals surface area contributed by atoms with Gasteiger partial charge in [0.2, 0.25) is 10.0 Å². The van der Waals surface area contributed by atoms with Gasteiger partial charge in [0.05, 0.1) is 24.3 Å². The Labute approximate surface area is 168 Å². The largest absolute Gasteiger partial charge is 0.495 e. The van der Waals surface area contributed by atoms with E-state index in [4.69, 9.17) is 14.7 Å². The summed E-state index contributed by atoms with van der Waals surface area (Å²) in [4.78, 5) is 23.9. The minimum absolute atomic E-state index is 0.114. The SMILES string of the molecule is COc1ccc(NC(=O)COC(=O)c2ccc(C#N)cc2)cc1S(=O)(=O)N(C)C. The fourth-order valence-electron chi connectivity index (χ4n) is 2.25. The van der Waals surface area contributed by atoms with Gasteiger partial charge in [-0.2, -0.15) is 5.26 Å². The summed E-state index contributed by atoms with van der Waals surface area (Å²) in [6.07, 6.45) is 0. The number of sulfonamides is 1. The molecule has 0 unspecified atom stereocenters. The van der Waals surface area contributed by atoms with Crippen molar-refractivity contribution < 1.29 is 27.5 Å². The van der Waals surface area contributed by atoms with Crippen molar-refractivity contribution in [2.75, 3.05) is 33.1 Å². The van der Waals surface area contributed by atoms with Crippen molar-refractivity contribution in [3.8, 4) is 11.8 Å². The molecule has 10 heteroatoms. The third kappa shape index (κ3) is 5.31. The van der Waals surface area contributed by atoms with E-state index >= 15 is 0 Å². The third-order valence-corrected chi connectivity index (χ3v) is 5.63. The first-order valence-electron chi connectivity index (χ1n) is 8.26. The number of methoxy groups -OCH3 is 1. The third-order valence-electron chi connectivity index (χ3n) is 3.79. The van der Waals surface area contributed by atoms with Gasteiger partial charge < -0.3 is 14.8 Å². The average Bonchev–Trinajstić information content (AvgIpc) is 2.71. The Morgan fingerprint density at radius 1 is 1.14 bits per heavy atom. The van der Waals surface area contributed by atoms with Crippen LogP contribution in [0, 0.1) is 11.3 Å². The van der Waals surface area contributed by atoms with Crippen LogP contribution in [0.1, 0.15) is 15.9 Å². The van der Waals surface area contributed by atoms with Crippen LogP contribution >= 0.6 is 0 Å². The molecule has 0 atom stereocenters. The van der Waals surface area contributed by atoms with Crippen LogP contribution in [0.5, 0.6) is 5.75 Å². The maximum atomic E-state index is 12.4. The van der Waals surface area contributed by atoms with Crippen molar-refractivity contribution in [3.63, 3.8) is 0 Å². The van der Waals surface area contributed by atoms with Crippen LogP contribution in [0.2, 0.25) is 0 Å². The summed E-state index contributed by atoms with van der Waals surface area (Å²) in [6.45, 7) is -0.569.